The minimum atomic E-state index is -0.775. The van der Waals surface area contributed by atoms with E-state index in [9.17, 15) is 9.90 Å². The Balaban J connectivity index is 1.60. The van der Waals surface area contributed by atoms with Crippen LogP contribution in [0.2, 0.25) is 0 Å². The normalized spacial score (nSPS) is 30.4. The summed E-state index contributed by atoms with van der Waals surface area (Å²) in [6.45, 7) is 0. The zero-order valence-corrected chi connectivity index (χ0v) is 14.5. The topological polar surface area (TPSA) is 55.8 Å². The highest BCUT2D eigenvalue weighted by molar-refractivity contribution is 5.83. The Labute approximate surface area is 152 Å². The number of aliphatic hydroxyl groups excluding tert-OH is 1. The van der Waals surface area contributed by atoms with Crippen LogP contribution < -0.4 is 0 Å². The molecule has 0 aliphatic carbocycles. The van der Waals surface area contributed by atoms with Crippen LogP contribution >= 0.6 is 0 Å². The summed E-state index contributed by atoms with van der Waals surface area (Å²) >= 11 is 0. The molecule has 0 unspecified atom stereocenters. The first-order chi connectivity index (χ1) is 12.7. The monoisotopic (exact) mass is 350 g/mol. The van der Waals surface area contributed by atoms with Gasteiger partial charge in [0.2, 0.25) is 0 Å². The fraction of sp³-hybridized carbons (Fsp3) is 0.318. The molecule has 0 saturated heterocycles. The maximum atomic E-state index is 12.4. The highest BCUT2D eigenvalue weighted by atomic mass is 16.6. The molecule has 0 radical (unpaired) electrons. The molecule has 0 fully saturated rings. The number of carbonyl (C=O) groups is 1. The van der Waals surface area contributed by atoms with Crippen LogP contribution in [0.3, 0.4) is 0 Å². The molecule has 0 amide bonds. The summed E-state index contributed by atoms with van der Waals surface area (Å²) in [6.07, 6.45) is 7.26. The number of hydrogen-bond donors (Lipinski definition) is 1. The predicted molar refractivity (Wildman–Crippen MR) is 99.6 cm³/mol. The number of fused-ring (bicyclic) bond motifs is 3. The number of aliphatic hydroxyl groups is 1. The largest absolute Gasteiger partial charge is 0.457 e. The molecule has 2 aromatic rings. The van der Waals surface area contributed by atoms with Gasteiger partial charge in [-0.1, -0.05) is 60.7 Å². The van der Waals surface area contributed by atoms with E-state index in [2.05, 4.69) is 30.3 Å². The van der Waals surface area contributed by atoms with Crippen molar-refractivity contribution in [2.24, 2.45) is 0 Å². The molecule has 134 valence electrons. The van der Waals surface area contributed by atoms with Crippen LogP contribution in [0, 0.1) is 0 Å². The van der Waals surface area contributed by atoms with Crippen LogP contribution in [0.15, 0.2) is 66.8 Å². The molecule has 2 aromatic carbocycles. The van der Waals surface area contributed by atoms with E-state index in [1.165, 1.54) is 0 Å². The number of benzene rings is 2. The Bertz CT molecular complexity index is 854. The van der Waals surface area contributed by atoms with Gasteiger partial charge >= 0.3 is 5.97 Å². The van der Waals surface area contributed by atoms with Crippen LogP contribution in [0.5, 0.6) is 0 Å². The highest BCUT2D eigenvalue weighted by Gasteiger charge is 2.29. The minimum Gasteiger partial charge on any atom is -0.457 e. The molecule has 2 bridgehead atoms. The van der Waals surface area contributed by atoms with Gasteiger partial charge in [-0.15, -0.1) is 0 Å². The fourth-order valence-electron chi connectivity index (χ4n) is 3.50. The summed E-state index contributed by atoms with van der Waals surface area (Å²) in [5.41, 5.74) is 0.975. The molecule has 1 N–H and O–H groups in total. The second-order valence-electron chi connectivity index (χ2n) is 6.82. The molecule has 0 saturated carbocycles. The van der Waals surface area contributed by atoms with Crippen molar-refractivity contribution in [1.29, 1.82) is 0 Å². The molecular formula is C22H22O4. The van der Waals surface area contributed by atoms with Crippen LogP contribution in [0.1, 0.15) is 30.9 Å². The van der Waals surface area contributed by atoms with E-state index in [0.29, 0.717) is 6.42 Å². The van der Waals surface area contributed by atoms with E-state index in [1.807, 2.05) is 30.4 Å². The second-order valence-corrected chi connectivity index (χ2v) is 6.82. The standard InChI is InChI=1S/C22H22O4/c23-19-12-11-18-7-3-4-8-20(26-22(24)14-21(19)25-18)17-10-9-15-5-1-2-6-16(15)13-17/h1-6,9-13,18-21,23H,7-8,14H2/b4-3-/t18-,19+,20-,21+/m1/s1. The summed E-state index contributed by atoms with van der Waals surface area (Å²) < 4.78 is 11.6. The first-order valence-corrected chi connectivity index (χ1v) is 9.04. The minimum absolute atomic E-state index is 0.0477. The Kier molecular flexibility index (Phi) is 4.87. The molecule has 2 heterocycles. The fourth-order valence-corrected chi connectivity index (χ4v) is 3.50. The molecule has 0 aromatic heterocycles. The van der Waals surface area contributed by atoms with E-state index < -0.39 is 12.2 Å². The van der Waals surface area contributed by atoms with Crippen molar-refractivity contribution in [3.8, 4) is 0 Å². The Hall–Kier alpha value is -2.43. The predicted octanol–water partition coefficient (Wildman–Crippen LogP) is 3.85. The van der Waals surface area contributed by atoms with Gasteiger partial charge in [-0.05, 0) is 28.8 Å². The van der Waals surface area contributed by atoms with E-state index in [-0.39, 0.29) is 24.6 Å². The van der Waals surface area contributed by atoms with Gasteiger partial charge in [0.15, 0.2) is 0 Å². The van der Waals surface area contributed by atoms with Gasteiger partial charge in [0.05, 0.1) is 24.7 Å². The first-order valence-electron chi connectivity index (χ1n) is 9.04. The Morgan fingerprint density at radius 2 is 1.77 bits per heavy atom. The number of cyclic esters (lactones) is 1. The van der Waals surface area contributed by atoms with Crippen molar-refractivity contribution in [2.45, 2.75) is 43.7 Å². The molecule has 2 aliphatic rings. The van der Waals surface area contributed by atoms with Crippen LogP contribution in [0.25, 0.3) is 10.8 Å². The van der Waals surface area contributed by atoms with Crippen LogP contribution in [-0.2, 0) is 14.3 Å². The van der Waals surface area contributed by atoms with Crippen molar-refractivity contribution in [3.63, 3.8) is 0 Å². The molecule has 4 heteroatoms. The zero-order valence-electron chi connectivity index (χ0n) is 14.5. The summed E-state index contributed by atoms with van der Waals surface area (Å²) in [5.74, 6) is -0.350. The SMILES string of the molecule is O=C1C[C@@H]2O[C@@H](C=C[C@@H]2O)C/C=C\C[C@H](c2ccc3ccccc3c2)O1. The van der Waals surface area contributed by atoms with E-state index >= 15 is 0 Å². The molecule has 4 rings (SSSR count). The van der Waals surface area contributed by atoms with Crippen molar-refractivity contribution in [1.82, 2.24) is 0 Å². The van der Waals surface area contributed by atoms with Gasteiger partial charge in [0.1, 0.15) is 6.10 Å². The lowest BCUT2D eigenvalue weighted by Gasteiger charge is -2.28. The lowest BCUT2D eigenvalue weighted by Crippen LogP contribution is -2.37. The van der Waals surface area contributed by atoms with E-state index in [0.717, 1.165) is 22.8 Å². The van der Waals surface area contributed by atoms with Gasteiger partial charge in [-0.2, -0.15) is 0 Å². The summed E-state index contributed by atoms with van der Waals surface area (Å²) in [6, 6.07) is 14.3. The van der Waals surface area contributed by atoms with Gasteiger partial charge < -0.3 is 14.6 Å². The quantitative estimate of drug-likeness (QED) is 0.627. The van der Waals surface area contributed by atoms with Crippen molar-refractivity contribution >= 4 is 16.7 Å². The average molecular weight is 350 g/mol. The lowest BCUT2D eigenvalue weighted by molar-refractivity contribution is -0.156. The number of ether oxygens (including phenoxy) is 2. The summed E-state index contributed by atoms with van der Waals surface area (Å²) in [4.78, 5) is 12.4. The third-order valence-electron chi connectivity index (χ3n) is 4.93. The third-order valence-corrected chi connectivity index (χ3v) is 4.93. The third kappa shape index (κ3) is 3.71. The van der Waals surface area contributed by atoms with Gasteiger partial charge in [0, 0.05) is 6.42 Å². The van der Waals surface area contributed by atoms with Gasteiger partial charge in [-0.3, -0.25) is 4.79 Å². The smallest absolute Gasteiger partial charge is 0.309 e. The van der Waals surface area contributed by atoms with Gasteiger partial charge in [0.25, 0.3) is 0 Å². The zero-order chi connectivity index (χ0) is 17.9. The van der Waals surface area contributed by atoms with Crippen molar-refractivity contribution in [3.05, 3.63) is 72.3 Å². The van der Waals surface area contributed by atoms with Crippen LogP contribution in [0.4, 0.5) is 0 Å². The molecule has 4 nitrogen and oxygen atoms in total. The number of hydrogen-bond acceptors (Lipinski definition) is 4. The molecule has 4 atom stereocenters. The molecule has 0 spiro atoms. The maximum Gasteiger partial charge on any atom is 0.309 e. The van der Waals surface area contributed by atoms with Gasteiger partial charge in [-0.25, -0.2) is 0 Å². The average Bonchev–Trinajstić information content (AvgIpc) is 2.68. The van der Waals surface area contributed by atoms with E-state index in [1.54, 1.807) is 6.08 Å². The number of rotatable bonds is 1. The summed E-state index contributed by atoms with van der Waals surface area (Å²) in [5, 5.41) is 12.3. The Morgan fingerprint density at radius 1 is 0.962 bits per heavy atom. The second kappa shape index (κ2) is 7.44. The molecule has 2 aliphatic heterocycles. The lowest BCUT2D eigenvalue weighted by atomic mass is 10.0. The first kappa shape index (κ1) is 17.0. The van der Waals surface area contributed by atoms with Crippen LogP contribution in [-0.4, -0.2) is 29.4 Å². The highest BCUT2D eigenvalue weighted by Crippen LogP contribution is 2.28. The maximum absolute atomic E-state index is 12.4. The Morgan fingerprint density at radius 3 is 2.65 bits per heavy atom. The number of esters is 1. The van der Waals surface area contributed by atoms with E-state index in [4.69, 9.17) is 9.47 Å². The van der Waals surface area contributed by atoms with Crippen molar-refractivity contribution in [2.75, 3.05) is 0 Å². The molecular weight excluding hydrogens is 328 g/mol. The summed E-state index contributed by atoms with van der Waals surface area (Å²) in [7, 11) is 0. The molecule has 26 heavy (non-hydrogen) atoms. The van der Waals surface area contributed by atoms with Crippen molar-refractivity contribution < 1.29 is 19.4 Å². The number of carbonyl (C=O) groups excluding carboxylic acids is 1.